The number of rotatable bonds is 16. The summed E-state index contributed by atoms with van der Waals surface area (Å²) in [6, 6.07) is 15.9. The van der Waals surface area contributed by atoms with Crippen LogP contribution in [0.2, 0.25) is 0 Å². The van der Waals surface area contributed by atoms with Crippen LogP contribution in [0.25, 0.3) is 5.57 Å². The van der Waals surface area contributed by atoms with Gasteiger partial charge >= 0.3 is 0 Å². The minimum Gasteiger partial charge on any atom is -0.383 e. The lowest BCUT2D eigenvalue weighted by molar-refractivity contribution is 0.579. The van der Waals surface area contributed by atoms with Crippen molar-refractivity contribution in [1.82, 2.24) is 16.0 Å². The summed E-state index contributed by atoms with van der Waals surface area (Å²) in [5, 5.41) is 13.5. The first-order valence-corrected chi connectivity index (χ1v) is 13.2. The quantitative estimate of drug-likeness (QED) is 0.119. The van der Waals surface area contributed by atoms with Crippen molar-refractivity contribution in [1.29, 1.82) is 0 Å². The van der Waals surface area contributed by atoms with E-state index in [1.165, 1.54) is 0 Å². The molecule has 1 atom stereocenters. The number of anilines is 1. The summed E-state index contributed by atoms with van der Waals surface area (Å²) in [5.41, 5.74) is 17.6. The fourth-order valence-electron chi connectivity index (χ4n) is 3.59. The van der Waals surface area contributed by atoms with Crippen LogP contribution in [0, 0.1) is 0 Å². The summed E-state index contributed by atoms with van der Waals surface area (Å²) in [6.45, 7) is 26.1. The van der Waals surface area contributed by atoms with E-state index in [4.69, 9.17) is 11.5 Å². The van der Waals surface area contributed by atoms with Crippen molar-refractivity contribution < 1.29 is 0 Å². The van der Waals surface area contributed by atoms with E-state index in [-0.39, 0.29) is 12.0 Å². The maximum Gasteiger partial charge on any atom is 0.191 e. The van der Waals surface area contributed by atoms with E-state index >= 15 is 0 Å². The van der Waals surface area contributed by atoms with Gasteiger partial charge in [-0.1, -0.05) is 84.7 Å². The Hall–Kier alpha value is -4.13. The topological polar surface area (TPSA) is 113 Å². The van der Waals surface area contributed by atoms with E-state index in [1.54, 1.807) is 0 Å². The van der Waals surface area contributed by atoms with Crippen LogP contribution in [0.15, 0.2) is 97.1 Å². The number of nitrogens with zero attached hydrogens (tertiary/aromatic N) is 1. The van der Waals surface area contributed by atoms with Crippen molar-refractivity contribution in [3.8, 4) is 0 Å². The van der Waals surface area contributed by atoms with Gasteiger partial charge in [0.15, 0.2) is 5.96 Å². The van der Waals surface area contributed by atoms with Crippen LogP contribution in [-0.4, -0.2) is 18.5 Å². The third-order valence-corrected chi connectivity index (χ3v) is 5.56. The molecule has 7 heteroatoms. The van der Waals surface area contributed by atoms with Crippen molar-refractivity contribution in [2.45, 2.75) is 59.5 Å². The summed E-state index contributed by atoms with van der Waals surface area (Å²) < 4.78 is 0. The lowest BCUT2D eigenvalue weighted by Gasteiger charge is -2.24. The van der Waals surface area contributed by atoms with Crippen LogP contribution < -0.4 is 32.7 Å². The van der Waals surface area contributed by atoms with E-state index < -0.39 is 0 Å². The Morgan fingerprint density at radius 3 is 2.24 bits per heavy atom. The van der Waals surface area contributed by atoms with Crippen molar-refractivity contribution >= 4 is 22.9 Å². The van der Waals surface area contributed by atoms with Crippen molar-refractivity contribution in [3.63, 3.8) is 0 Å². The summed E-state index contributed by atoms with van der Waals surface area (Å²) >= 11 is 0. The highest BCUT2D eigenvalue weighted by atomic mass is 15.1. The molecule has 7 nitrogen and oxygen atoms in total. The molecule has 0 fully saturated rings. The molecule has 0 heterocycles. The molecule has 8 N–H and O–H groups in total. The Labute approximate surface area is 229 Å². The molecule has 0 saturated carbocycles. The molecular formula is C31H47N7. The van der Waals surface area contributed by atoms with Crippen LogP contribution in [0.5, 0.6) is 0 Å². The number of hydrogen-bond donors (Lipinski definition) is 6. The van der Waals surface area contributed by atoms with Gasteiger partial charge in [0.2, 0.25) is 0 Å². The molecule has 38 heavy (non-hydrogen) atoms. The Balaban J connectivity index is 0.00000352. The fourth-order valence-corrected chi connectivity index (χ4v) is 3.59. The minimum absolute atomic E-state index is 0.0131. The molecule has 0 bridgehead atoms. The molecule has 0 aliphatic rings. The smallest absolute Gasteiger partial charge is 0.191 e. The normalized spacial score (nSPS) is 10.6. The second kappa shape index (κ2) is 17.3. The predicted octanol–water partition coefficient (Wildman–Crippen LogP) is 6.09. The molecule has 0 aliphatic carbocycles. The van der Waals surface area contributed by atoms with E-state index in [2.05, 4.69) is 78.6 Å². The first-order valence-electron chi connectivity index (χ1n) is 13.2. The summed E-state index contributed by atoms with van der Waals surface area (Å²) in [5.74, 6) is 0.756. The molecule has 0 saturated heterocycles. The number of hydrogen-bond acceptors (Lipinski definition) is 5. The van der Waals surface area contributed by atoms with E-state index in [0.717, 1.165) is 58.7 Å². The fraction of sp³-hybridized carbons (Fsp3) is 0.323. The van der Waals surface area contributed by atoms with Gasteiger partial charge in [-0.15, -0.1) is 0 Å². The molecule has 0 amide bonds. The summed E-state index contributed by atoms with van der Waals surface area (Å²) in [6.07, 6.45) is 2.91. The van der Waals surface area contributed by atoms with Gasteiger partial charge in [0.1, 0.15) is 0 Å². The second-order valence-corrected chi connectivity index (χ2v) is 8.68. The maximum absolute atomic E-state index is 5.41. The van der Waals surface area contributed by atoms with Crippen LogP contribution in [0.4, 0.5) is 11.4 Å². The number of nitrogens with one attached hydrogen (secondary N) is 4. The molecule has 0 aliphatic heterocycles. The van der Waals surface area contributed by atoms with E-state index in [9.17, 15) is 0 Å². The lowest BCUT2D eigenvalue weighted by Crippen LogP contribution is -2.38. The van der Waals surface area contributed by atoms with E-state index in [1.807, 2.05) is 50.2 Å². The molecule has 0 radical (unpaired) electrons. The minimum atomic E-state index is 0.0131. The zero-order chi connectivity index (χ0) is 28.5. The van der Waals surface area contributed by atoms with Gasteiger partial charge in [-0.2, -0.15) is 0 Å². The molecule has 2 rings (SSSR count). The van der Waals surface area contributed by atoms with Gasteiger partial charge < -0.3 is 32.7 Å². The number of allylic oxidation sites excluding steroid dienone is 1. The number of benzene rings is 2. The van der Waals surface area contributed by atoms with Gasteiger partial charge in [0, 0.05) is 23.6 Å². The first kappa shape index (κ1) is 31.9. The Morgan fingerprint density at radius 1 is 0.947 bits per heavy atom. The van der Waals surface area contributed by atoms with Gasteiger partial charge in [-0.05, 0) is 53.8 Å². The predicted molar refractivity (Wildman–Crippen MR) is 167 cm³/mol. The highest BCUT2D eigenvalue weighted by molar-refractivity contribution is 5.78. The zero-order valence-corrected chi connectivity index (χ0v) is 23.7. The van der Waals surface area contributed by atoms with Crippen molar-refractivity contribution in [2.75, 3.05) is 11.9 Å². The summed E-state index contributed by atoms with van der Waals surface area (Å²) in [7, 11) is 0. The molecule has 0 aromatic heterocycles. The van der Waals surface area contributed by atoms with Crippen LogP contribution in [0.1, 0.15) is 58.1 Å². The molecular weight excluding hydrogens is 470 g/mol. The SMILES string of the molecule is C=C(CNC(=C)C(CC)NC(=C)Nc1cccc(C(=C)CCC)c1)NCc1ccc(N=C(N)N)cc1.CC. The molecule has 206 valence electrons. The largest absolute Gasteiger partial charge is 0.383 e. The lowest BCUT2D eigenvalue weighted by atomic mass is 10.0. The van der Waals surface area contributed by atoms with Crippen molar-refractivity contribution in [3.05, 3.63) is 103 Å². The third-order valence-electron chi connectivity index (χ3n) is 5.56. The summed E-state index contributed by atoms with van der Waals surface area (Å²) in [4.78, 5) is 4.02. The van der Waals surface area contributed by atoms with Gasteiger partial charge in [-0.25, -0.2) is 4.99 Å². The number of aliphatic imine (C=N–C) groups is 1. The maximum atomic E-state index is 5.41. The highest BCUT2D eigenvalue weighted by Crippen LogP contribution is 2.21. The highest BCUT2D eigenvalue weighted by Gasteiger charge is 2.11. The Morgan fingerprint density at radius 2 is 1.63 bits per heavy atom. The van der Waals surface area contributed by atoms with Gasteiger partial charge in [-0.3, -0.25) is 0 Å². The van der Waals surface area contributed by atoms with Gasteiger partial charge in [0.25, 0.3) is 0 Å². The molecule has 0 spiro atoms. The average molecular weight is 518 g/mol. The monoisotopic (exact) mass is 517 g/mol. The standard InChI is InChI=1S/C29H41N7.C2H6/c1-7-10-20(3)25-11-9-12-27(17-25)34-23(6)35-28(8-2)22(5)33-18-21(4)32-19-24-13-15-26(16-14-24)36-29(30)31;1-2/h9,11-17,28,32-35H,3-8,10,18-19H2,1-2H3,(H4,30,31,36);1-2H3. The van der Waals surface area contributed by atoms with Crippen LogP contribution in [-0.2, 0) is 6.54 Å². The Kier molecular flexibility index (Phi) is 14.6. The number of nitrogens with two attached hydrogens (primary N) is 2. The first-order chi connectivity index (χ1) is 18.2. The second-order valence-electron chi connectivity index (χ2n) is 8.68. The van der Waals surface area contributed by atoms with Crippen LogP contribution in [0.3, 0.4) is 0 Å². The third kappa shape index (κ3) is 11.7. The van der Waals surface area contributed by atoms with Crippen LogP contribution >= 0.6 is 0 Å². The number of guanidine groups is 1. The Bertz CT molecular complexity index is 1080. The van der Waals surface area contributed by atoms with Crippen molar-refractivity contribution in [2.24, 2.45) is 16.5 Å². The zero-order valence-electron chi connectivity index (χ0n) is 23.7. The molecule has 2 aromatic carbocycles. The molecule has 1 unspecified atom stereocenters. The van der Waals surface area contributed by atoms with Gasteiger partial charge in [0.05, 0.1) is 24.1 Å². The average Bonchev–Trinajstić information content (AvgIpc) is 2.91. The van der Waals surface area contributed by atoms with E-state index in [0.29, 0.717) is 18.9 Å². The molecule has 2 aromatic rings.